The molecule has 2 rings (SSSR count). The fourth-order valence-corrected chi connectivity index (χ4v) is 2.86. The lowest BCUT2D eigenvalue weighted by Crippen LogP contribution is -2.28. The Kier molecular flexibility index (Phi) is 3.26. The van der Waals surface area contributed by atoms with Crippen LogP contribution in [0.1, 0.15) is 37.6 Å². The molecule has 1 saturated heterocycles. The van der Waals surface area contributed by atoms with Gasteiger partial charge in [-0.15, -0.1) is 11.3 Å². The van der Waals surface area contributed by atoms with Crippen molar-refractivity contribution < 1.29 is 4.74 Å². The number of hydrogen-bond donors (Lipinski definition) is 1. The van der Waals surface area contributed by atoms with E-state index >= 15 is 0 Å². The third-order valence-corrected chi connectivity index (χ3v) is 3.97. The normalized spacial score (nSPS) is 27.1. The van der Waals surface area contributed by atoms with Gasteiger partial charge in [0.2, 0.25) is 0 Å². The molecule has 84 valence electrons. The summed E-state index contributed by atoms with van der Waals surface area (Å²) < 4.78 is 5.74. The molecule has 2 atom stereocenters. The Bertz CT molecular complexity index is 324. The molecule has 0 aliphatic carbocycles. The molecule has 1 fully saturated rings. The first kappa shape index (κ1) is 10.9. The van der Waals surface area contributed by atoms with Crippen molar-refractivity contribution in [3.8, 4) is 0 Å². The van der Waals surface area contributed by atoms with E-state index in [0.29, 0.717) is 23.8 Å². The highest BCUT2D eigenvalue weighted by atomic mass is 32.1. The SMILES string of the molecule is CC(C)C1CC(c2nc(N)cs2)CCO1. The van der Waals surface area contributed by atoms with E-state index < -0.39 is 0 Å². The van der Waals surface area contributed by atoms with Gasteiger partial charge in [-0.2, -0.15) is 0 Å². The van der Waals surface area contributed by atoms with Crippen molar-refractivity contribution >= 4 is 17.2 Å². The first-order valence-electron chi connectivity index (χ1n) is 5.49. The number of thiazole rings is 1. The summed E-state index contributed by atoms with van der Waals surface area (Å²) in [5.74, 6) is 1.79. The summed E-state index contributed by atoms with van der Waals surface area (Å²) >= 11 is 1.68. The number of hydrogen-bond acceptors (Lipinski definition) is 4. The summed E-state index contributed by atoms with van der Waals surface area (Å²) in [5.41, 5.74) is 5.65. The van der Waals surface area contributed by atoms with E-state index in [9.17, 15) is 0 Å². The second-order valence-electron chi connectivity index (χ2n) is 4.49. The standard InChI is InChI=1S/C11H18N2OS/c1-7(2)9-5-8(3-4-14-9)11-13-10(12)6-15-11/h6-9H,3-5,12H2,1-2H3. The van der Waals surface area contributed by atoms with Gasteiger partial charge < -0.3 is 10.5 Å². The van der Waals surface area contributed by atoms with Crippen LogP contribution in [0.25, 0.3) is 0 Å². The number of rotatable bonds is 2. The molecule has 1 aliphatic heterocycles. The topological polar surface area (TPSA) is 48.1 Å². The van der Waals surface area contributed by atoms with Crippen molar-refractivity contribution in [1.82, 2.24) is 4.98 Å². The Morgan fingerprint density at radius 1 is 1.60 bits per heavy atom. The van der Waals surface area contributed by atoms with Gasteiger partial charge >= 0.3 is 0 Å². The van der Waals surface area contributed by atoms with Crippen molar-refractivity contribution in [2.24, 2.45) is 5.92 Å². The van der Waals surface area contributed by atoms with Gasteiger partial charge in [0.1, 0.15) is 5.82 Å². The lowest BCUT2D eigenvalue weighted by Gasteiger charge is -2.30. The van der Waals surface area contributed by atoms with Gasteiger partial charge in [0.25, 0.3) is 0 Å². The Labute approximate surface area is 94.7 Å². The largest absolute Gasteiger partial charge is 0.383 e. The summed E-state index contributed by atoms with van der Waals surface area (Å²) in [6.07, 6.45) is 2.55. The summed E-state index contributed by atoms with van der Waals surface area (Å²) in [6.45, 7) is 5.28. The molecular weight excluding hydrogens is 208 g/mol. The number of nitrogens with two attached hydrogens (primary N) is 1. The number of anilines is 1. The van der Waals surface area contributed by atoms with Gasteiger partial charge in [0.15, 0.2) is 0 Å². The van der Waals surface area contributed by atoms with Gasteiger partial charge in [-0.25, -0.2) is 4.98 Å². The molecule has 15 heavy (non-hydrogen) atoms. The third-order valence-electron chi connectivity index (χ3n) is 2.95. The summed E-state index contributed by atoms with van der Waals surface area (Å²) in [5, 5.41) is 3.11. The molecule has 1 aromatic heterocycles. The molecule has 3 nitrogen and oxygen atoms in total. The van der Waals surface area contributed by atoms with E-state index in [-0.39, 0.29) is 0 Å². The summed E-state index contributed by atoms with van der Waals surface area (Å²) in [6, 6.07) is 0. The van der Waals surface area contributed by atoms with Crippen molar-refractivity contribution in [1.29, 1.82) is 0 Å². The molecule has 2 N–H and O–H groups in total. The van der Waals surface area contributed by atoms with Crippen molar-refractivity contribution in [3.63, 3.8) is 0 Å². The number of ether oxygens (including phenoxy) is 1. The maximum absolute atomic E-state index is 5.74. The van der Waals surface area contributed by atoms with Crippen molar-refractivity contribution in [3.05, 3.63) is 10.4 Å². The van der Waals surface area contributed by atoms with Gasteiger partial charge in [-0.05, 0) is 18.8 Å². The van der Waals surface area contributed by atoms with Crippen molar-refractivity contribution in [2.45, 2.75) is 38.7 Å². The zero-order chi connectivity index (χ0) is 10.8. The molecule has 2 heterocycles. The Morgan fingerprint density at radius 3 is 3.00 bits per heavy atom. The fraction of sp³-hybridized carbons (Fsp3) is 0.727. The second-order valence-corrected chi connectivity index (χ2v) is 5.37. The molecular formula is C11H18N2OS. The molecule has 1 aliphatic rings. The molecule has 0 amide bonds. The van der Waals surface area contributed by atoms with Crippen LogP contribution in [-0.4, -0.2) is 17.7 Å². The third kappa shape index (κ3) is 2.49. The smallest absolute Gasteiger partial charge is 0.134 e. The average molecular weight is 226 g/mol. The highest BCUT2D eigenvalue weighted by Gasteiger charge is 2.27. The summed E-state index contributed by atoms with van der Waals surface area (Å²) in [7, 11) is 0. The first-order chi connectivity index (χ1) is 7.16. The predicted octanol–water partition coefficient (Wildman–Crippen LogP) is 2.64. The van der Waals surface area contributed by atoms with E-state index in [4.69, 9.17) is 10.5 Å². The minimum absolute atomic E-state index is 0.383. The highest BCUT2D eigenvalue weighted by Crippen LogP contribution is 2.34. The Morgan fingerprint density at radius 2 is 2.40 bits per heavy atom. The maximum atomic E-state index is 5.74. The van der Waals surface area contributed by atoms with E-state index in [1.807, 2.05) is 5.38 Å². The van der Waals surface area contributed by atoms with Gasteiger partial charge in [0.05, 0.1) is 11.1 Å². The monoisotopic (exact) mass is 226 g/mol. The quantitative estimate of drug-likeness (QED) is 0.843. The lowest BCUT2D eigenvalue weighted by molar-refractivity contribution is -0.0201. The van der Waals surface area contributed by atoms with Crippen LogP contribution in [0.2, 0.25) is 0 Å². The molecule has 0 saturated carbocycles. The van der Waals surface area contributed by atoms with E-state index in [0.717, 1.165) is 19.4 Å². The number of nitrogen functional groups attached to an aromatic ring is 1. The molecule has 0 aromatic carbocycles. The van der Waals surface area contributed by atoms with Gasteiger partial charge in [0, 0.05) is 17.9 Å². The molecule has 1 aromatic rings. The molecule has 4 heteroatoms. The predicted molar refractivity (Wildman–Crippen MR) is 63.1 cm³/mol. The van der Waals surface area contributed by atoms with Crippen LogP contribution in [0.4, 0.5) is 5.82 Å². The number of nitrogens with zero attached hydrogens (tertiary/aromatic N) is 1. The van der Waals surface area contributed by atoms with Crippen LogP contribution in [-0.2, 0) is 4.74 Å². The van der Waals surface area contributed by atoms with Crippen LogP contribution in [0.5, 0.6) is 0 Å². The van der Waals surface area contributed by atoms with E-state index in [1.54, 1.807) is 11.3 Å². The lowest BCUT2D eigenvalue weighted by atomic mass is 9.91. The molecule has 0 radical (unpaired) electrons. The molecule has 0 bridgehead atoms. The minimum atomic E-state index is 0.383. The molecule has 2 unspecified atom stereocenters. The Hall–Kier alpha value is -0.610. The van der Waals surface area contributed by atoms with Crippen LogP contribution in [0.15, 0.2) is 5.38 Å². The fourth-order valence-electron chi connectivity index (χ4n) is 2.01. The van der Waals surface area contributed by atoms with Crippen LogP contribution in [0.3, 0.4) is 0 Å². The summed E-state index contributed by atoms with van der Waals surface area (Å²) in [4.78, 5) is 4.37. The first-order valence-corrected chi connectivity index (χ1v) is 6.37. The zero-order valence-corrected chi connectivity index (χ0v) is 10.1. The highest BCUT2D eigenvalue weighted by molar-refractivity contribution is 7.10. The Balaban J connectivity index is 2.04. The van der Waals surface area contributed by atoms with E-state index in [1.165, 1.54) is 5.01 Å². The van der Waals surface area contributed by atoms with Crippen LogP contribution >= 0.6 is 11.3 Å². The number of aromatic nitrogens is 1. The maximum Gasteiger partial charge on any atom is 0.134 e. The van der Waals surface area contributed by atoms with Crippen LogP contribution < -0.4 is 5.73 Å². The van der Waals surface area contributed by atoms with Gasteiger partial charge in [-0.3, -0.25) is 0 Å². The zero-order valence-electron chi connectivity index (χ0n) is 9.27. The van der Waals surface area contributed by atoms with E-state index in [2.05, 4.69) is 18.8 Å². The molecule has 0 spiro atoms. The second kappa shape index (κ2) is 4.49. The average Bonchev–Trinajstić information content (AvgIpc) is 2.65. The van der Waals surface area contributed by atoms with Gasteiger partial charge in [-0.1, -0.05) is 13.8 Å². The van der Waals surface area contributed by atoms with Crippen LogP contribution in [0, 0.1) is 5.92 Å². The minimum Gasteiger partial charge on any atom is -0.383 e. The van der Waals surface area contributed by atoms with Crippen molar-refractivity contribution in [2.75, 3.05) is 12.3 Å².